The molecule has 1 aromatic heterocycles. The zero-order valence-electron chi connectivity index (χ0n) is 11.3. The van der Waals surface area contributed by atoms with Crippen LogP contribution in [0.25, 0.3) is 0 Å². The molecular formula is C13H21N3O2. The van der Waals surface area contributed by atoms with E-state index in [1.54, 1.807) is 0 Å². The first kappa shape index (κ1) is 12.1. The van der Waals surface area contributed by atoms with Crippen LogP contribution in [-0.2, 0) is 16.5 Å². The maximum atomic E-state index is 6.12. The zero-order valence-corrected chi connectivity index (χ0v) is 11.3. The third kappa shape index (κ3) is 1.86. The van der Waals surface area contributed by atoms with Gasteiger partial charge in [0.2, 0.25) is 0 Å². The van der Waals surface area contributed by atoms with Crippen molar-refractivity contribution < 1.29 is 9.47 Å². The van der Waals surface area contributed by atoms with E-state index < -0.39 is 0 Å². The van der Waals surface area contributed by atoms with E-state index in [1.807, 2.05) is 17.9 Å². The van der Waals surface area contributed by atoms with Crippen molar-refractivity contribution in [3.05, 3.63) is 18.0 Å². The molecule has 1 aromatic rings. The highest BCUT2D eigenvalue weighted by molar-refractivity contribution is 5.17. The molecule has 0 amide bonds. The number of aromatic nitrogens is 2. The Labute approximate surface area is 107 Å². The van der Waals surface area contributed by atoms with E-state index in [1.165, 1.54) is 0 Å². The van der Waals surface area contributed by atoms with Gasteiger partial charge in [-0.25, -0.2) is 0 Å². The van der Waals surface area contributed by atoms with E-state index in [0.717, 1.165) is 25.3 Å². The maximum Gasteiger partial charge on any atom is 0.115 e. The molecule has 0 bridgehead atoms. The van der Waals surface area contributed by atoms with Crippen LogP contribution >= 0.6 is 0 Å². The van der Waals surface area contributed by atoms with Gasteiger partial charge < -0.3 is 14.8 Å². The normalized spacial score (nSPS) is 35.2. The fraction of sp³-hybridized carbons (Fsp3) is 0.769. The fourth-order valence-corrected chi connectivity index (χ4v) is 3.19. The molecule has 0 saturated carbocycles. The van der Waals surface area contributed by atoms with Gasteiger partial charge in [-0.1, -0.05) is 0 Å². The molecule has 18 heavy (non-hydrogen) atoms. The van der Waals surface area contributed by atoms with E-state index in [-0.39, 0.29) is 17.2 Å². The van der Waals surface area contributed by atoms with E-state index in [9.17, 15) is 0 Å². The van der Waals surface area contributed by atoms with Crippen LogP contribution in [-0.4, -0.2) is 40.7 Å². The molecule has 0 aliphatic carbocycles. The van der Waals surface area contributed by atoms with Gasteiger partial charge in [-0.2, -0.15) is 5.10 Å². The van der Waals surface area contributed by atoms with Crippen LogP contribution in [0.1, 0.15) is 32.0 Å². The number of ether oxygens (including phenoxy) is 2. The maximum absolute atomic E-state index is 6.12. The summed E-state index contributed by atoms with van der Waals surface area (Å²) in [5, 5.41) is 7.83. The summed E-state index contributed by atoms with van der Waals surface area (Å²) in [6.07, 6.45) is 2.74. The molecule has 1 spiro atoms. The minimum absolute atomic E-state index is 0.115. The molecule has 3 heterocycles. The quantitative estimate of drug-likeness (QED) is 0.809. The summed E-state index contributed by atoms with van der Waals surface area (Å²) in [6, 6.07) is 2.21. The number of hydrogen-bond donors (Lipinski definition) is 1. The molecule has 2 atom stereocenters. The summed E-state index contributed by atoms with van der Waals surface area (Å²) in [4.78, 5) is 0. The lowest BCUT2D eigenvalue weighted by Crippen LogP contribution is -2.53. The molecule has 5 heteroatoms. The molecule has 0 aromatic carbocycles. The number of morpholine rings is 1. The molecular weight excluding hydrogens is 230 g/mol. The average molecular weight is 251 g/mol. The molecule has 100 valence electrons. The van der Waals surface area contributed by atoms with Gasteiger partial charge in [0, 0.05) is 26.2 Å². The number of nitrogens with zero attached hydrogens (tertiary/aromatic N) is 2. The van der Waals surface area contributed by atoms with Gasteiger partial charge in [0.05, 0.1) is 30.6 Å². The van der Waals surface area contributed by atoms with Crippen LogP contribution in [0.3, 0.4) is 0 Å². The van der Waals surface area contributed by atoms with Gasteiger partial charge in [0.1, 0.15) is 5.60 Å². The summed E-state index contributed by atoms with van der Waals surface area (Å²) in [5.74, 6) is 0. The highest BCUT2D eigenvalue weighted by atomic mass is 16.6. The third-order valence-corrected chi connectivity index (χ3v) is 3.95. The highest BCUT2D eigenvalue weighted by Gasteiger charge is 2.53. The van der Waals surface area contributed by atoms with E-state index >= 15 is 0 Å². The van der Waals surface area contributed by atoms with Crippen LogP contribution in [0.4, 0.5) is 0 Å². The molecule has 2 aliphatic rings. The summed E-state index contributed by atoms with van der Waals surface area (Å²) < 4.78 is 13.9. The molecule has 2 unspecified atom stereocenters. The van der Waals surface area contributed by atoms with Crippen molar-refractivity contribution in [3.63, 3.8) is 0 Å². The smallest absolute Gasteiger partial charge is 0.115 e. The predicted molar refractivity (Wildman–Crippen MR) is 67.3 cm³/mol. The van der Waals surface area contributed by atoms with Crippen LogP contribution in [0, 0.1) is 0 Å². The Balaban J connectivity index is 1.94. The van der Waals surface area contributed by atoms with Crippen molar-refractivity contribution in [2.75, 3.05) is 19.8 Å². The molecule has 5 nitrogen and oxygen atoms in total. The summed E-state index contributed by atoms with van der Waals surface area (Å²) >= 11 is 0. The lowest BCUT2D eigenvalue weighted by Gasteiger charge is -2.41. The Kier molecular flexibility index (Phi) is 2.73. The second kappa shape index (κ2) is 4.05. The van der Waals surface area contributed by atoms with Crippen molar-refractivity contribution in [1.82, 2.24) is 15.1 Å². The van der Waals surface area contributed by atoms with Gasteiger partial charge in [-0.15, -0.1) is 0 Å². The molecule has 3 rings (SSSR count). The fourth-order valence-electron chi connectivity index (χ4n) is 3.19. The summed E-state index contributed by atoms with van der Waals surface area (Å²) in [6.45, 7) is 6.51. The van der Waals surface area contributed by atoms with Crippen molar-refractivity contribution in [2.24, 2.45) is 7.05 Å². The minimum atomic E-state index is -0.254. The average Bonchev–Trinajstić information content (AvgIpc) is 2.85. The lowest BCUT2D eigenvalue weighted by molar-refractivity contribution is -0.101. The minimum Gasteiger partial charge on any atom is -0.372 e. The SMILES string of the molecule is Cn1nccc1C1NCCOC12COC(C)(C)C2. The second-order valence-corrected chi connectivity index (χ2v) is 5.91. The topological polar surface area (TPSA) is 48.3 Å². The first-order valence-electron chi connectivity index (χ1n) is 6.52. The van der Waals surface area contributed by atoms with Crippen molar-refractivity contribution in [3.8, 4) is 0 Å². The van der Waals surface area contributed by atoms with Crippen LogP contribution < -0.4 is 5.32 Å². The zero-order chi connectivity index (χ0) is 12.8. The van der Waals surface area contributed by atoms with Crippen LogP contribution in [0.5, 0.6) is 0 Å². The standard InChI is InChI=1S/C13H21N3O2/c1-12(2)8-13(9-18-12)11(14-6-7-17-13)10-4-5-15-16(10)3/h4-5,11,14H,6-9H2,1-3H3. The van der Waals surface area contributed by atoms with Gasteiger partial charge in [-0.05, 0) is 19.9 Å². The van der Waals surface area contributed by atoms with Crippen molar-refractivity contribution in [1.29, 1.82) is 0 Å². The van der Waals surface area contributed by atoms with E-state index in [4.69, 9.17) is 9.47 Å². The monoisotopic (exact) mass is 251 g/mol. The molecule has 1 N–H and O–H groups in total. The Morgan fingerprint density at radius 3 is 2.89 bits per heavy atom. The van der Waals surface area contributed by atoms with Gasteiger partial charge in [-0.3, -0.25) is 4.68 Å². The predicted octanol–water partition coefficient (Wildman–Crippen LogP) is 1.02. The molecule has 0 radical (unpaired) electrons. The lowest BCUT2D eigenvalue weighted by atomic mass is 9.84. The van der Waals surface area contributed by atoms with E-state index in [0.29, 0.717) is 6.61 Å². The number of nitrogens with one attached hydrogen (secondary N) is 1. The highest BCUT2D eigenvalue weighted by Crippen LogP contribution is 2.44. The number of rotatable bonds is 1. The number of aryl methyl sites for hydroxylation is 1. The largest absolute Gasteiger partial charge is 0.372 e. The molecule has 2 aliphatic heterocycles. The first-order valence-corrected chi connectivity index (χ1v) is 6.52. The van der Waals surface area contributed by atoms with Gasteiger partial charge >= 0.3 is 0 Å². The Hall–Kier alpha value is -0.910. The Morgan fingerprint density at radius 2 is 2.28 bits per heavy atom. The van der Waals surface area contributed by atoms with Gasteiger partial charge in [0.15, 0.2) is 0 Å². The van der Waals surface area contributed by atoms with Gasteiger partial charge in [0.25, 0.3) is 0 Å². The Morgan fingerprint density at radius 1 is 1.44 bits per heavy atom. The first-order chi connectivity index (χ1) is 8.53. The van der Waals surface area contributed by atoms with Crippen molar-refractivity contribution >= 4 is 0 Å². The summed E-state index contributed by atoms with van der Waals surface area (Å²) in [7, 11) is 1.97. The van der Waals surface area contributed by atoms with Crippen molar-refractivity contribution in [2.45, 2.75) is 37.5 Å². The van der Waals surface area contributed by atoms with Crippen LogP contribution in [0.15, 0.2) is 12.3 Å². The Bertz CT molecular complexity index is 443. The third-order valence-electron chi connectivity index (χ3n) is 3.95. The van der Waals surface area contributed by atoms with E-state index in [2.05, 4.69) is 30.3 Å². The van der Waals surface area contributed by atoms with Crippen LogP contribution in [0.2, 0.25) is 0 Å². The second-order valence-electron chi connectivity index (χ2n) is 5.91. The number of hydrogen-bond acceptors (Lipinski definition) is 4. The molecule has 2 saturated heterocycles. The molecule has 2 fully saturated rings. The summed E-state index contributed by atoms with van der Waals surface area (Å²) in [5.41, 5.74) is 0.793.